The Morgan fingerprint density at radius 3 is 2.33 bits per heavy atom. The van der Waals surface area contributed by atoms with E-state index in [1.807, 2.05) is 48.5 Å². The molecule has 2 aliphatic rings. The van der Waals surface area contributed by atoms with Gasteiger partial charge in [-0.05, 0) is 46.1 Å². The molecule has 3 aromatic rings. The minimum atomic E-state index is -1.40. The van der Waals surface area contributed by atoms with Gasteiger partial charge in [-0.25, -0.2) is 0 Å². The second-order valence-corrected chi connectivity index (χ2v) is 11.2. The van der Waals surface area contributed by atoms with Crippen LogP contribution in [0.1, 0.15) is 57.1 Å². The molecule has 0 aromatic heterocycles. The topological polar surface area (TPSA) is 73.9 Å². The van der Waals surface area contributed by atoms with Crippen LogP contribution in [0.2, 0.25) is 0 Å². The summed E-state index contributed by atoms with van der Waals surface area (Å²) in [6, 6.07) is 28.6. The first kappa shape index (κ1) is 24.1. The molecule has 3 aromatic carbocycles. The molecule has 0 amide bonds. The Morgan fingerprint density at radius 1 is 0.944 bits per heavy atom. The fraction of sp³-hybridized carbons (Fsp3) is 0.406. The second-order valence-electron chi connectivity index (χ2n) is 11.2. The molecule has 0 bridgehead atoms. The van der Waals surface area contributed by atoms with Crippen LogP contribution in [0.4, 0.5) is 0 Å². The van der Waals surface area contributed by atoms with Gasteiger partial charge in [0.1, 0.15) is 6.10 Å². The normalized spacial score (nSPS) is 27.0. The Kier molecular flexibility index (Phi) is 6.09. The maximum atomic E-state index is 13.7. The predicted molar refractivity (Wildman–Crippen MR) is 140 cm³/mol. The molecular formula is C32H32N2O2. The minimum Gasteiger partial charge on any atom is -0.462 e. The van der Waals surface area contributed by atoms with E-state index in [1.165, 1.54) is 5.56 Å². The molecule has 0 heterocycles. The highest BCUT2D eigenvalue weighted by molar-refractivity contribution is 5.90. The summed E-state index contributed by atoms with van der Waals surface area (Å²) < 4.78 is 6.29. The van der Waals surface area contributed by atoms with E-state index >= 15 is 0 Å². The zero-order chi connectivity index (χ0) is 25.5. The Morgan fingerprint density at radius 2 is 1.61 bits per heavy atom. The van der Waals surface area contributed by atoms with Gasteiger partial charge in [0, 0.05) is 11.8 Å². The number of benzene rings is 3. The molecule has 182 valence electrons. The van der Waals surface area contributed by atoms with Crippen LogP contribution in [0.3, 0.4) is 0 Å². The second kappa shape index (κ2) is 9.11. The molecule has 5 atom stereocenters. The van der Waals surface area contributed by atoms with E-state index in [-0.39, 0.29) is 17.4 Å². The van der Waals surface area contributed by atoms with Gasteiger partial charge in [0.2, 0.25) is 0 Å². The highest BCUT2D eigenvalue weighted by Crippen LogP contribution is 2.65. The van der Waals surface area contributed by atoms with Gasteiger partial charge in [-0.1, -0.05) is 100.0 Å². The molecule has 4 heteroatoms. The largest absolute Gasteiger partial charge is 0.462 e. The minimum absolute atomic E-state index is 0.161. The summed E-state index contributed by atoms with van der Waals surface area (Å²) in [5.74, 6) is -1.07. The van der Waals surface area contributed by atoms with Gasteiger partial charge < -0.3 is 4.74 Å². The maximum absolute atomic E-state index is 13.7. The van der Waals surface area contributed by atoms with Gasteiger partial charge in [0.05, 0.1) is 18.1 Å². The number of carbonyl (C=O) groups excluding carboxylic acids is 1. The number of esters is 1. The number of hydrogen-bond donors (Lipinski definition) is 0. The van der Waals surface area contributed by atoms with Gasteiger partial charge in [0.15, 0.2) is 5.41 Å². The molecule has 5 rings (SSSR count). The average Bonchev–Trinajstić information content (AvgIpc) is 3.58. The number of fused-ring (bicyclic) bond motifs is 1. The average molecular weight is 477 g/mol. The van der Waals surface area contributed by atoms with E-state index in [0.29, 0.717) is 5.92 Å². The van der Waals surface area contributed by atoms with E-state index in [2.05, 4.69) is 57.2 Å². The lowest BCUT2D eigenvalue weighted by atomic mass is 9.64. The molecule has 36 heavy (non-hydrogen) atoms. The van der Waals surface area contributed by atoms with E-state index in [1.54, 1.807) is 0 Å². The number of carbonyl (C=O) groups is 1. The predicted octanol–water partition coefficient (Wildman–Crippen LogP) is 6.91. The van der Waals surface area contributed by atoms with E-state index in [0.717, 1.165) is 35.6 Å². The van der Waals surface area contributed by atoms with E-state index in [9.17, 15) is 15.3 Å². The molecule has 0 aliphatic heterocycles. The quantitative estimate of drug-likeness (QED) is 0.375. The van der Waals surface area contributed by atoms with Gasteiger partial charge in [0.25, 0.3) is 0 Å². The summed E-state index contributed by atoms with van der Waals surface area (Å²) in [6.45, 7) is 6.67. The Bertz CT molecular complexity index is 1340. The molecule has 4 nitrogen and oxygen atoms in total. The molecular weight excluding hydrogens is 444 g/mol. The lowest BCUT2D eigenvalue weighted by Gasteiger charge is -2.44. The van der Waals surface area contributed by atoms with Crippen molar-refractivity contribution in [2.75, 3.05) is 0 Å². The van der Waals surface area contributed by atoms with Crippen molar-refractivity contribution < 1.29 is 9.53 Å². The third kappa shape index (κ3) is 3.86. The van der Waals surface area contributed by atoms with Crippen molar-refractivity contribution in [3.63, 3.8) is 0 Å². The van der Waals surface area contributed by atoms with E-state index < -0.39 is 23.2 Å². The van der Waals surface area contributed by atoms with Crippen molar-refractivity contribution in [2.24, 2.45) is 23.2 Å². The van der Waals surface area contributed by atoms with Crippen molar-refractivity contribution in [2.45, 2.75) is 57.5 Å². The third-order valence-electron chi connectivity index (χ3n) is 8.75. The fourth-order valence-corrected chi connectivity index (χ4v) is 6.55. The molecule has 0 saturated heterocycles. The maximum Gasteiger partial charge on any atom is 0.312 e. The summed E-state index contributed by atoms with van der Waals surface area (Å²) in [5.41, 5.74) is 0.531. The number of hydrogen-bond acceptors (Lipinski definition) is 4. The zero-order valence-electron chi connectivity index (χ0n) is 21.1. The first-order valence-corrected chi connectivity index (χ1v) is 12.9. The smallest absolute Gasteiger partial charge is 0.312 e. The molecule has 0 spiro atoms. The van der Waals surface area contributed by atoms with Crippen molar-refractivity contribution in [3.05, 3.63) is 83.9 Å². The Labute approximate surface area is 213 Å². The van der Waals surface area contributed by atoms with E-state index in [4.69, 9.17) is 4.74 Å². The number of nitriles is 2. The van der Waals surface area contributed by atoms with Gasteiger partial charge in [-0.2, -0.15) is 10.5 Å². The number of rotatable bonds is 5. The molecule has 0 radical (unpaired) electrons. The van der Waals surface area contributed by atoms with Crippen molar-refractivity contribution in [1.29, 1.82) is 10.5 Å². The van der Waals surface area contributed by atoms with Gasteiger partial charge in [-0.3, -0.25) is 4.79 Å². The molecule has 0 N–H and O–H groups in total. The zero-order valence-corrected chi connectivity index (χ0v) is 21.1. The standard InChI is InChI=1S/C32H32N2O2/c1-21-16-17-26(31(2,3)23-12-5-4-6-13-23)27(18-21)36-30(35)29-28(32(29,19-33)20-34)25-15-9-11-22-10-7-8-14-24(22)25/h4-15,21,26-29H,16-18H2,1-3H3/t21-,26-,27-,28-,29+/m1/s1. The highest BCUT2D eigenvalue weighted by Gasteiger charge is 2.72. The van der Waals surface area contributed by atoms with Crippen molar-refractivity contribution in [1.82, 2.24) is 0 Å². The SMILES string of the molecule is C[C@@H]1CC[C@@H](C(C)(C)c2ccccc2)[C@H](OC(=O)[C@@H]2[C@@H](c3cccc4ccccc34)C2(C#N)C#N)C1. The van der Waals surface area contributed by atoms with Crippen molar-refractivity contribution in [3.8, 4) is 12.1 Å². The van der Waals surface area contributed by atoms with Crippen LogP contribution in [-0.2, 0) is 14.9 Å². The van der Waals surface area contributed by atoms with Crippen LogP contribution >= 0.6 is 0 Å². The van der Waals surface area contributed by atoms with Crippen LogP contribution < -0.4 is 0 Å². The van der Waals surface area contributed by atoms with Gasteiger partial charge in [-0.15, -0.1) is 0 Å². The highest BCUT2D eigenvalue weighted by atomic mass is 16.5. The van der Waals surface area contributed by atoms with Crippen LogP contribution in [0.15, 0.2) is 72.8 Å². The molecule has 2 aliphatic carbocycles. The molecule has 2 saturated carbocycles. The van der Waals surface area contributed by atoms with Crippen LogP contribution in [0.5, 0.6) is 0 Å². The summed E-state index contributed by atoms with van der Waals surface area (Å²) in [6.07, 6.45) is 2.61. The van der Waals surface area contributed by atoms with Crippen LogP contribution in [0, 0.1) is 45.8 Å². The third-order valence-corrected chi connectivity index (χ3v) is 8.75. The Balaban J connectivity index is 1.46. The van der Waals surface area contributed by atoms with Crippen LogP contribution in [-0.4, -0.2) is 12.1 Å². The fourth-order valence-electron chi connectivity index (χ4n) is 6.55. The number of ether oxygens (including phenoxy) is 1. The molecule has 2 fully saturated rings. The van der Waals surface area contributed by atoms with Gasteiger partial charge >= 0.3 is 5.97 Å². The summed E-state index contributed by atoms with van der Waals surface area (Å²) in [5, 5.41) is 22.2. The summed E-state index contributed by atoms with van der Waals surface area (Å²) in [4.78, 5) is 13.7. The summed E-state index contributed by atoms with van der Waals surface area (Å²) in [7, 11) is 0. The first-order valence-electron chi connectivity index (χ1n) is 12.9. The number of nitrogens with zero attached hydrogens (tertiary/aromatic N) is 2. The first-order chi connectivity index (χ1) is 17.3. The Hall–Kier alpha value is -3.63. The van der Waals surface area contributed by atoms with Crippen LogP contribution in [0.25, 0.3) is 10.8 Å². The lowest BCUT2D eigenvalue weighted by molar-refractivity contribution is -0.158. The van der Waals surface area contributed by atoms with Crippen molar-refractivity contribution >= 4 is 16.7 Å². The summed E-state index contributed by atoms with van der Waals surface area (Å²) >= 11 is 0. The molecule has 0 unspecified atom stereocenters. The monoisotopic (exact) mass is 476 g/mol. The lowest BCUT2D eigenvalue weighted by Crippen LogP contribution is -2.43.